The van der Waals surface area contributed by atoms with E-state index in [4.69, 9.17) is 9.84 Å². The molecule has 1 aliphatic rings. The normalized spacial score (nSPS) is 18.0. The summed E-state index contributed by atoms with van der Waals surface area (Å²) in [5, 5.41) is 11.2. The molecule has 1 aromatic rings. The van der Waals surface area contributed by atoms with E-state index in [1.54, 1.807) is 0 Å². The Labute approximate surface area is 127 Å². The number of carboxylic acids is 1. The van der Waals surface area contributed by atoms with E-state index < -0.39 is 34.4 Å². The Bertz CT molecular complexity index is 711. The molecular weight excluding hydrogens is 312 g/mol. The van der Waals surface area contributed by atoms with Gasteiger partial charge in [-0.3, -0.25) is 13.9 Å². The van der Waals surface area contributed by atoms with E-state index in [9.17, 15) is 18.0 Å². The molecule has 2 N–H and O–H groups in total. The number of nitrogens with one attached hydrogen (secondary N) is 1. The first-order valence-electron chi connectivity index (χ1n) is 6.22. The van der Waals surface area contributed by atoms with Gasteiger partial charge in [0.05, 0.1) is 18.4 Å². The molecule has 0 aliphatic carbocycles. The van der Waals surface area contributed by atoms with E-state index >= 15 is 0 Å². The minimum absolute atomic E-state index is 0.0666. The first-order chi connectivity index (χ1) is 10.4. The summed E-state index contributed by atoms with van der Waals surface area (Å²) in [6.45, 7) is 0. The summed E-state index contributed by atoms with van der Waals surface area (Å²) in [7, 11) is -2.60. The molecule has 0 spiro atoms. The Morgan fingerprint density at radius 1 is 1.36 bits per heavy atom. The van der Waals surface area contributed by atoms with Crippen molar-refractivity contribution < 1.29 is 27.9 Å². The Morgan fingerprint density at radius 3 is 2.55 bits per heavy atom. The van der Waals surface area contributed by atoms with Gasteiger partial charge in [-0.05, 0) is 24.3 Å². The van der Waals surface area contributed by atoms with Crippen LogP contribution in [0.5, 0.6) is 5.75 Å². The smallest absolute Gasteiger partial charge is 0.306 e. The lowest BCUT2D eigenvalue weighted by Crippen LogP contribution is -2.49. The van der Waals surface area contributed by atoms with E-state index in [0.717, 1.165) is 16.7 Å². The molecule has 9 heteroatoms. The lowest BCUT2D eigenvalue weighted by Gasteiger charge is -2.30. The number of carboxylic acid groups (broad SMARTS) is 1. The van der Waals surface area contributed by atoms with Gasteiger partial charge in [0.25, 0.3) is 10.0 Å². The van der Waals surface area contributed by atoms with Crippen molar-refractivity contribution in [3.05, 3.63) is 36.7 Å². The van der Waals surface area contributed by atoms with Crippen LogP contribution in [0, 0.1) is 0 Å². The Hall–Kier alpha value is -2.55. The van der Waals surface area contributed by atoms with Crippen molar-refractivity contribution in [3.63, 3.8) is 0 Å². The molecule has 0 saturated carbocycles. The lowest BCUT2D eigenvalue weighted by atomic mass is 10.2. The van der Waals surface area contributed by atoms with Crippen LogP contribution < -0.4 is 10.1 Å². The van der Waals surface area contributed by atoms with Gasteiger partial charge >= 0.3 is 5.97 Å². The monoisotopic (exact) mass is 326 g/mol. The summed E-state index contributed by atoms with van der Waals surface area (Å²) >= 11 is 0. The molecule has 1 aliphatic heterocycles. The van der Waals surface area contributed by atoms with Crippen LogP contribution in [-0.4, -0.2) is 42.9 Å². The number of amides is 1. The number of sulfonamides is 1. The second kappa shape index (κ2) is 6.06. The van der Waals surface area contributed by atoms with Gasteiger partial charge in [0.15, 0.2) is 0 Å². The third kappa shape index (κ3) is 3.03. The summed E-state index contributed by atoms with van der Waals surface area (Å²) in [5.74, 6) is -1.49. The fourth-order valence-electron chi connectivity index (χ4n) is 1.97. The number of hydrogen-bond acceptors (Lipinski definition) is 5. The van der Waals surface area contributed by atoms with Crippen LogP contribution in [0.25, 0.3) is 0 Å². The number of hydrogen-bond donors (Lipinski definition) is 2. The van der Waals surface area contributed by atoms with Crippen LogP contribution in [0.1, 0.15) is 6.42 Å². The van der Waals surface area contributed by atoms with Crippen molar-refractivity contribution in [3.8, 4) is 5.75 Å². The molecule has 0 saturated heterocycles. The number of rotatable bonds is 5. The molecule has 0 unspecified atom stereocenters. The van der Waals surface area contributed by atoms with Crippen molar-refractivity contribution in [2.75, 3.05) is 7.11 Å². The second-order valence-electron chi connectivity index (χ2n) is 4.45. The van der Waals surface area contributed by atoms with Gasteiger partial charge < -0.3 is 15.2 Å². The van der Waals surface area contributed by atoms with E-state index in [-0.39, 0.29) is 4.90 Å². The Morgan fingerprint density at radius 2 is 2.00 bits per heavy atom. The minimum atomic E-state index is -4.05. The molecule has 22 heavy (non-hydrogen) atoms. The van der Waals surface area contributed by atoms with Gasteiger partial charge in [0, 0.05) is 12.4 Å². The van der Waals surface area contributed by atoms with E-state index in [1.165, 1.54) is 31.4 Å². The molecule has 0 fully saturated rings. The predicted octanol–water partition coefficient (Wildman–Crippen LogP) is 0.130. The van der Waals surface area contributed by atoms with Gasteiger partial charge in [-0.2, -0.15) is 0 Å². The molecule has 1 atom stereocenters. The number of aliphatic carboxylic acids is 1. The van der Waals surface area contributed by atoms with Gasteiger partial charge in [0.1, 0.15) is 11.8 Å². The highest BCUT2D eigenvalue weighted by Gasteiger charge is 2.36. The van der Waals surface area contributed by atoms with Gasteiger partial charge in [-0.15, -0.1) is 0 Å². The maximum absolute atomic E-state index is 12.6. The maximum atomic E-state index is 12.6. The molecule has 1 heterocycles. The third-order valence-corrected chi connectivity index (χ3v) is 4.86. The zero-order valence-corrected chi connectivity index (χ0v) is 12.4. The number of carbonyl (C=O) groups excluding carboxylic acids is 1. The van der Waals surface area contributed by atoms with Crippen LogP contribution in [0.15, 0.2) is 41.6 Å². The quantitative estimate of drug-likeness (QED) is 0.795. The van der Waals surface area contributed by atoms with E-state index in [1.807, 2.05) is 0 Å². The molecule has 0 bridgehead atoms. The zero-order valence-electron chi connectivity index (χ0n) is 11.6. The molecule has 1 amide bonds. The van der Waals surface area contributed by atoms with E-state index in [2.05, 4.69) is 5.32 Å². The zero-order chi connectivity index (χ0) is 16.3. The van der Waals surface area contributed by atoms with Crippen molar-refractivity contribution in [1.82, 2.24) is 9.62 Å². The standard InChI is InChI=1S/C13H14N2O6S/c1-21-9-2-4-10(5-3-9)22(19,20)15-7-6-14-13(18)11(15)8-12(16)17/h2-7,11H,8H2,1H3,(H,14,18)(H,16,17)/t11-/m1/s1. The SMILES string of the molecule is COc1ccc(S(=O)(=O)N2C=CNC(=O)[C@H]2CC(=O)O)cc1. The number of nitrogens with zero attached hydrogens (tertiary/aromatic N) is 1. The van der Waals surface area contributed by atoms with Crippen LogP contribution in [0.4, 0.5) is 0 Å². The molecule has 8 nitrogen and oxygen atoms in total. The highest BCUT2D eigenvalue weighted by Crippen LogP contribution is 2.24. The summed E-state index contributed by atoms with van der Waals surface area (Å²) in [6, 6.07) is 4.24. The molecule has 0 aromatic heterocycles. The summed E-state index contributed by atoms with van der Waals surface area (Å²) in [6.07, 6.45) is 1.65. The van der Waals surface area contributed by atoms with Crippen molar-refractivity contribution in [2.24, 2.45) is 0 Å². The third-order valence-electron chi connectivity index (χ3n) is 3.06. The maximum Gasteiger partial charge on any atom is 0.306 e. The lowest BCUT2D eigenvalue weighted by molar-refractivity contribution is -0.140. The van der Waals surface area contributed by atoms with Crippen molar-refractivity contribution in [2.45, 2.75) is 17.4 Å². The summed E-state index contributed by atoms with van der Waals surface area (Å²) in [4.78, 5) is 22.6. The molecule has 2 rings (SSSR count). The first kappa shape index (κ1) is 15.8. The molecule has 0 radical (unpaired) electrons. The highest BCUT2D eigenvalue weighted by atomic mass is 32.2. The van der Waals surface area contributed by atoms with E-state index in [0.29, 0.717) is 5.75 Å². The number of benzene rings is 1. The summed E-state index contributed by atoms with van der Waals surface area (Å²) < 4.78 is 30.9. The average Bonchev–Trinajstić information content (AvgIpc) is 2.49. The second-order valence-corrected chi connectivity index (χ2v) is 6.29. The molecular formula is C13H14N2O6S. The molecule has 1 aromatic carbocycles. The highest BCUT2D eigenvalue weighted by molar-refractivity contribution is 7.89. The van der Waals surface area contributed by atoms with Crippen LogP contribution in [-0.2, 0) is 19.6 Å². The number of methoxy groups -OCH3 is 1. The topological polar surface area (TPSA) is 113 Å². The number of ether oxygens (including phenoxy) is 1. The fraction of sp³-hybridized carbons (Fsp3) is 0.231. The van der Waals surface area contributed by atoms with Crippen molar-refractivity contribution in [1.29, 1.82) is 0 Å². The predicted molar refractivity (Wildman–Crippen MR) is 75.3 cm³/mol. The fourth-order valence-corrected chi connectivity index (χ4v) is 3.42. The largest absolute Gasteiger partial charge is 0.497 e. The molecule has 118 valence electrons. The van der Waals surface area contributed by atoms with Crippen LogP contribution in [0.3, 0.4) is 0 Å². The van der Waals surface area contributed by atoms with Gasteiger partial charge in [0.2, 0.25) is 5.91 Å². The first-order valence-corrected chi connectivity index (χ1v) is 7.66. The Balaban J connectivity index is 2.40. The van der Waals surface area contributed by atoms with Gasteiger partial charge in [-0.1, -0.05) is 0 Å². The van der Waals surface area contributed by atoms with Gasteiger partial charge in [-0.25, -0.2) is 8.42 Å². The number of carbonyl (C=O) groups is 2. The summed E-state index contributed by atoms with van der Waals surface area (Å²) in [5.41, 5.74) is 0. The van der Waals surface area contributed by atoms with Crippen LogP contribution in [0.2, 0.25) is 0 Å². The minimum Gasteiger partial charge on any atom is -0.497 e. The average molecular weight is 326 g/mol. The van der Waals surface area contributed by atoms with Crippen LogP contribution >= 0.6 is 0 Å². The Kier molecular flexibility index (Phi) is 4.36. The van der Waals surface area contributed by atoms with Crippen molar-refractivity contribution >= 4 is 21.9 Å².